The number of benzene rings is 1. The van der Waals surface area contributed by atoms with E-state index < -0.39 is 11.8 Å². The molecule has 104 valence electrons. The van der Waals surface area contributed by atoms with Crippen LogP contribution in [0.4, 0.5) is 10.1 Å². The van der Waals surface area contributed by atoms with Crippen LogP contribution >= 0.6 is 11.8 Å². The number of thioether (sulfide) groups is 1. The standard InChI is InChI=1S/C12H14FNO4S/c1-7-3-10(18-2)8(13)4-9(7)14-11(15)5-19-6-12(16)17/h3-4H,5-6H2,1-2H3,(H,14,15)(H,16,17). The number of methoxy groups -OCH3 is 1. The molecule has 5 nitrogen and oxygen atoms in total. The molecule has 0 atom stereocenters. The number of amides is 1. The maximum Gasteiger partial charge on any atom is 0.313 e. The molecule has 2 N–H and O–H groups in total. The van der Waals surface area contributed by atoms with Crippen LogP contribution in [0.3, 0.4) is 0 Å². The molecule has 0 heterocycles. The number of carboxylic acid groups (broad SMARTS) is 1. The van der Waals surface area contributed by atoms with Crippen molar-refractivity contribution in [1.29, 1.82) is 0 Å². The highest BCUT2D eigenvalue weighted by Gasteiger charge is 2.10. The van der Waals surface area contributed by atoms with Gasteiger partial charge in [-0.05, 0) is 18.6 Å². The van der Waals surface area contributed by atoms with Crippen molar-refractivity contribution in [2.75, 3.05) is 23.9 Å². The summed E-state index contributed by atoms with van der Waals surface area (Å²) in [5.41, 5.74) is 1.01. The van der Waals surface area contributed by atoms with E-state index in [2.05, 4.69) is 5.32 Å². The number of rotatable bonds is 6. The van der Waals surface area contributed by atoms with Gasteiger partial charge in [-0.2, -0.15) is 0 Å². The third-order valence-electron chi connectivity index (χ3n) is 2.23. The van der Waals surface area contributed by atoms with E-state index in [0.717, 1.165) is 11.8 Å². The smallest absolute Gasteiger partial charge is 0.313 e. The molecule has 0 aliphatic rings. The maximum atomic E-state index is 13.5. The lowest BCUT2D eigenvalue weighted by atomic mass is 10.2. The fourth-order valence-electron chi connectivity index (χ4n) is 1.36. The number of aliphatic carboxylic acids is 1. The van der Waals surface area contributed by atoms with E-state index >= 15 is 0 Å². The van der Waals surface area contributed by atoms with Crippen LogP contribution in [0.15, 0.2) is 12.1 Å². The molecule has 0 spiro atoms. The second-order valence-electron chi connectivity index (χ2n) is 3.74. The number of carbonyl (C=O) groups is 2. The quantitative estimate of drug-likeness (QED) is 0.835. The first-order valence-corrected chi connectivity index (χ1v) is 6.53. The first kappa shape index (κ1) is 15.3. The van der Waals surface area contributed by atoms with Gasteiger partial charge >= 0.3 is 5.97 Å². The van der Waals surface area contributed by atoms with Crippen molar-refractivity contribution in [2.24, 2.45) is 0 Å². The van der Waals surface area contributed by atoms with Crippen molar-refractivity contribution in [1.82, 2.24) is 0 Å². The van der Waals surface area contributed by atoms with Crippen molar-refractivity contribution < 1.29 is 23.8 Å². The van der Waals surface area contributed by atoms with Gasteiger partial charge in [-0.3, -0.25) is 9.59 Å². The molecule has 1 aromatic rings. The molecule has 19 heavy (non-hydrogen) atoms. The number of carboxylic acids is 1. The fraction of sp³-hybridized carbons (Fsp3) is 0.333. The van der Waals surface area contributed by atoms with E-state index in [1.54, 1.807) is 6.92 Å². The van der Waals surface area contributed by atoms with Gasteiger partial charge in [-0.25, -0.2) is 4.39 Å². The molecule has 0 aliphatic heterocycles. The van der Waals surface area contributed by atoms with Crippen LogP contribution in [0.1, 0.15) is 5.56 Å². The van der Waals surface area contributed by atoms with Crippen molar-refractivity contribution in [2.45, 2.75) is 6.92 Å². The van der Waals surface area contributed by atoms with E-state index in [0.29, 0.717) is 11.3 Å². The Morgan fingerprint density at radius 3 is 2.68 bits per heavy atom. The molecule has 1 rings (SSSR count). The molecule has 0 saturated carbocycles. The van der Waals surface area contributed by atoms with Crippen LogP contribution in [0, 0.1) is 12.7 Å². The largest absolute Gasteiger partial charge is 0.494 e. The number of hydrogen-bond donors (Lipinski definition) is 2. The average Bonchev–Trinajstić information content (AvgIpc) is 2.32. The van der Waals surface area contributed by atoms with Crippen molar-refractivity contribution in [3.63, 3.8) is 0 Å². The summed E-state index contributed by atoms with van der Waals surface area (Å²) in [6.45, 7) is 1.71. The van der Waals surface area contributed by atoms with Gasteiger partial charge in [-0.15, -0.1) is 11.8 Å². The molecule has 0 radical (unpaired) electrons. The van der Waals surface area contributed by atoms with Crippen LogP contribution in [0.5, 0.6) is 5.75 Å². The lowest BCUT2D eigenvalue weighted by Gasteiger charge is -2.10. The second-order valence-corrected chi connectivity index (χ2v) is 4.72. The number of nitrogens with one attached hydrogen (secondary N) is 1. The van der Waals surface area contributed by atoms with Crippen LogP contribution in [-0.2, 0) is 9.59 Å². The van der Waals surface area contributed by atoms with Crippen molar-refractivity contribution >= 4 is 29.3 Å². The predicted octanol–water partition coefficient (Wildman–Crippen LogP) is 1.90. The predicted molar refractivity (Wildman–Crippen MR) is 71.3 cm³/mol. The summed E-state index contributed by atoms with van der Waals surface area (Å²) < 4.78 is 18.3. The number of halogens is 1. The minimum atomic E-state index is -0.982. The van der Waals surface area contributed by atoms with Gasteiger partial charge in [-0.1, -0.05) is 0 Å². The zero-order chi connectivity index (χ0) is 14.4. The molecule has 0 saturated heterocycles. The Morgan fingerprint density at radius 1 is 1.42 bits per heavy atom. The molecular formula is C12H14FNO4S. The third kappa shape index (κ3) is 4.78. The van der Waals surface area contributed by atoms with Gasteiger partial charge < -0.3 is 15.2 Å². The molecule has 7 heteroatoms. The third-order valence-corrected chi connectivity index (χ3v) is 3.15. The Balaban J connectivity index is 2.64. The van der Waals surface area contributed by atoms with Crippen molar-refractivity contribution in [3.8, 4) is 5.75 Å². The first-order valence-electron chi connectivity index (χ1n) is 5.37. The summed E-state index contributed by atoms with van der Waals surface area (Å²) in [6.07, 6.45) is 0. The number of aryl methyl sites for hydroxylation is 1. The fourth-order valence-corrected chi connectivity index (χ4v) is 1.90. The highest BCUT2D eigenvalue weighted by molar-refractivity contribution is 8.00. The Bertz CT molecular complexity index is 493. The molecule has 0 unspecified atom stereocenters. The summed E-state index contributed by atoms with van der Waals surface area (Å²) in [6, 6.07) is 2.66. The SMILES string of the molecule is COc1cc(C)c(NC(=O)CSCC(=O)O)cc1F. The highest BCUT2D eigenvalue weighted by atomic mass is 32.2. The highest BCUT2D eigenvalue weighted by Crippen LogP contribution is 2.25. The van der Waals surface area contributed by atoms with Gasteiger partial charge in [0, 0.05) is 11.8 Å². The minimum absolute atomic E-state index is 0.000607. The molecule has 0 bridgehead atoms. The molecule has 0 fully saturated rings. The zero-order valence-corrected chi connectivity index (χ0v) is 11.3. The minimum Gasteiger partial charge on any atom is -0.494 e. The summed E-state index contributed by atoms with van der Waals surface area (Å²) in [7, 11) is 1.36. The Labute approximate surface area is 114 Å². The summed E-state index contributed by atoms with van der Waals surface area (Å²) in [5, 5.41) is 11.0. The van der Waals surface area contributed by atoms with Gasteiger partial charge in [0.25, 0.3) is 0 Å². The molecular weight excluding hydrogens is 273 g/mol. The van der Waals surface area contributed by atoms with Crippen LogP contribution in [0.2, 0.25) is 0 Å². The number of hydrogen-bond acceptors (Lipinski definition) is 4. The van der Waals surface area contributed by atoms with Crippen LogP contribution in [-0.4, -0.2) is 35.6 Å². The van der Waals surface area contributed by atoms with Crippen LogP contribution < -0.4 is 10.1 Å². The molecule has 1 amide bonds. The Kier molecular flexibility index (Phi) is 5.62. The topological polar surface area (TPSA) is 75.6 Å². The monoisotopic (exact) mass is 287 g/mol. The van der Waals surface area contributed by atoms with E-state index in [1.165, 1.54) is 19.2 Å². The van der Waals surface area contributed by atoms with Crippen molar-refractivity contribution in [3.05, 3.63) is 23.5 Å². The maximum absolute atomic E-state index is 13.5. The van der Waals surface area contributed by atoms with E-state index in [1.807, 2.05) is 0 Å². The van der Waals surface area contributed by atoms with Gasteiger partial charge in [0.15, 0.2) is 11.6 Å². The first-order chi connectivity index (χ1) is 8.93. The summed E-state index contributed by atoms with van der Waals surface area (Å²) in [4.78, 5) is 21.8. The Hall–Kier alpha value is -1.76. The van der Waals surface area contributed by atoms with Crippen LogP contribution in [0.25, 0.3) is 0 Å². The lowest BCUT2D eigenvalue weighted by Crippen LogP contribution is -2.16. The van der Waals surface area contributed by atoms with Gasteiger partial charge in [0.05, 0.1) is 18.6 Å². The summed E-state index contributed by atoms with van der Waals surface area (Å²) >= 11 is 0.976. The van der Waals surface area contributed by atoms with E-state index in [9.17, 15) is 14.0 Å². The number of carbonyl (C=O) groups excluding carboxylic acids is 1. The normalized spacial score (nSPS) is 10.1. The van der Waals surface area contributed by atoms with E-state index in [-0.39, 0.29) is 23.2 Å². The number of anilines is 1. The second kappa shape index (κ2) is 6.98. The average molecular weight is 287 g/mol. The van der Waals surface area contributed by atoms with Gasteiger partial charge in [0.1, 0.15) is 0 Å². The zero-order valence-electron chi connectivity index (χ0n) is 10.5. The molecule has 0 aliphatic carbocycles. The Morgan fingerprint density at radius 2 is 2.11 bits per heavy atom. The molecule has 0 aromatic heterocycles. The lowest BCUT2D eigenvalue weighted by molar-refractivity contribution is -0.133. The van der Waals surface area contributed by atoms with E-state index in [4.69, 9.17) is 9.84 Å². The molecule has 1 aromatic carbocycles. The van der Waals surface area contributed by atoms with Gasteiger partial charge in [0.2, 0.25) is 5.91 Å². The summed E-state index contributed by atoms with van der Waals surface area (Å²) in [5.74, 6) is -1.97. The number of ether oxygens (including phenoxy) is 1.